The van der Waals surface area contributed by atoms with E-state index >= 15 is 0 Å². The number of anilines is 2. The molecule has 0 aromatic heterocycles. The molecule has 1 aromatic rings. The SMILES string of the molecule is CN(CC(N)=O)c1ccc(N)cc1C(F)(F)F. The molecule has 0 saturated heterocycles. The lowest BCUT2D eigenvalue weighted by molar-refractivity contribution is -0.137. The molecule has 0 heterocycles. The molecule has 0 saturated carbocycles. The Labute approximate surface area is 96.0 Å². The Morgan fingerprint density at radius 2 is 2.00 bits per heavy atom. The van der Waals surface area contributed by atoms with E-state index in [0.29, 0.717) is 0 Å². The highest BCUT2D eigenvalue weighted by molar-refractivity contribution is 5.80. The molecule has 4 nitrogen and oxygen atoms in total. The van der Waals surface area contributed by atoms with Crippen LogP contribution in [0.3, 0.4) is 0 Å². The smallest absolute Gasteiger partial charge is 0.399 e. The molecule has 0 aliphatic rings. The van der Waals surface area contributed by atoms with Crippen molar-refractivity contribution in [2.75, 3.05) is 24.2 Å². The molecule has 17 heavy (non-hydrogen) atoms. The number of rotatable bonds is 3. The Kier molecular flexibility index (Phi) is 3.50. The Hall–Kier alpha value is -1.92. The molecular formula is C10H12F3N3O. The fourth-order valence-corrected chi connectivity index (χ4v) is 1.43. The molecule has 0 bridgehead atoms. The number of primary amides is 1. The number of likely N-dealkylation sites (N-methyl/N-ethyl adjacent to an activating group) is 1. The maximum atomic E-state index is 12.7. The van der Waals surface area contributed by atoms with Crippen molar-refractivity contribution < 1.29 is 18.0 Å². The van der Waals surface area contributed by atoms with Gasteiger partial charge in [-0.3, -0.25) is 4.79 Å². The Morgan fingerprint density at radius 3 is 2.47 bits per heavy atom. The zero-order valence-electron chi connectivity index (χ0n) is 9.08. The molecule has 94 valence electrons. The van der Waals surface area contributed by atoms with E-state index in [4.69, 9.17) is 11.5 Å². The van der Waals surface area contributed by atoms with Gasteiger partial charge in [0.25, 0.3) is 0 Å². The third-order valence-corrected chi connectivity index (χ3v) is 2.13. The van der Waals surface area contributed by atoms with Crippen molar-refractivity contribution in [3.8, 4) is 0 Å². The summed E-state index contributed by atoms with van der Waals surface area (Å²) in [4.78, 5) is 11.8. The van der Waals surface area contributed by atoms with Gasteiger partial charge in [0, 0.05) is 18.4 Å². The highest BCUT2D eigenvalue weighted by Gasteiger charge is 2.34. The first-order valence-corrected chi connectivity index (χ1v) is 4.68. The maximum Gasteiger partial charge on any atom is 0.418 e. The lowest BCUT2D eigenvalue weighted by Gasteiger charge is -2.22. The molecule has 7 heteroatoms. The average Bonchev–Trinajstić information content (AvgIpc) is 2.14. The van der Waals surface area contributed by atoms with Crippen molar-refractivity contribution in [3.05, 3.63) is 23.8 Å². The number of benzene rings is 1. The van der Waals surface area contributed by atoms with Crippen LogP contribution in [-0.4, -0.2) is 19.5 Å². The van der Waals surface area contributed by atoms with Crippen LogP contribution < -0.4 is 16.4 Å². The van der Waals surface area contributed by atoms with E-state index in [0.717, 1.165) is 11.0 Å². The largest absolute Gasteiger partial charge is 0.418 e. The molecule has 0 fully saturated rings. The van der Waals surface area contributed by atoms with E-state index in [2.05, 4.69) is 0 Å². The number of alkyl halides is 3. The van der Waals surface area contributed by atoms with Crippen molar-refractivity contribution in [1.29, 1.82) is 0 Å². The van der Waals surface area contributed by atoms with E-state index in [9.17, 15) is 18.0 Å². The van der Waals surface area contributed by atoms with Crippen molar-refractivity contribution in [1.82, 2.24) is 0 Å². The number of nitrogens with two attached hydrogens (primary N) is 2. The number of carbonyl (C=O) groups is 1. The first-order valence-electron chi connectivity index (χ1n) is 4.68. The van der Waals surface area contributed by atoms with Crippen LogP contribution in [-0.2, 0) is 11.0 Å². The van der Waals surface area contributed by atoms with Crippen molar-refractivity contribution in [2.45, 2.75) is 6.18 Å². The topological polar surface area (TPSA) is 72.3 Å². The fraction of sp³-hybridized carbons (Fsp3) is 0.300. The van der Waals surface area contributed by atoms with Crippen LogP contribution in [0.15, 0.2) is 18.2 Å². The predicted molar refractivity (Wildman–Crippen MR) is 58.3 cm³/mol. The van der Waals surface area contributed by atoms with Crippen LogP contribution in [0.1, 0.15) is 5.56 Å². The van der Waals surface area contributed by atoms with Crippen LogP contribution in [0.2, 0.25) is 0 Å². The first-order chi connectivity index (χ1) is 7.71. The van der Waals surface area contributed by atoms with Gasteiger partial charge >= 0.3 is 6.18 Å². The van der Waals surface area contributed by atoms with Crippen LogP contribution in [0.5, 0.6) is 0 Å². The third-order valence-electron chi connectivity index (χ3n) is 2.13. The molecular weight excluding hydrogens is 235 g/mol. The summed E-state index contributed by atoms with van der Waals surface area (Å²) in [5.74, 6) is -0.711. The van der Waals surface area contributed by atoms with E-state index in [1.807, 2.05) is 0 Å². The molecule has 0 aliphatic heterocycles. The zero-order valence-corrected chi connectivity index (χ0v) is 9.08. The minimum atomic E-state index is -4.53. The number of amides is 1. The van der Waals surface area contributed by atoms with Crippen molar-refractivity contribution in [3.63, 3.8) is 0 Å². The number of nitrogen functional groups attached to an aromatic ring is 1. The molecule has 0 aliphatic carbocycles. The second-order valence-corrected chi connectivity index (χ2v) is 3.60. The fourth-order valence-electron chi connectivity index (χ4n) is 1.43. The van der Waals surface area contributed by atoms with Gasteiger partial charge in [-0.05, 0) is 18.2 Å². The van der Waals surface area contributed by atoms with Crippen LogP contribution in [0.25, 0.3) is 0 Å². The summed E-state index contributed by atoms with van der Waals surface area (Å²) in [5.41, 5.74) is 9.24. The second kappa shape index (κ2) is 4.52. The Balaban J connectivity index is 3.19. The number of hydrogen-bond donors (Lipinski definition) is 2. The average molecular weight is 247 g/mol. The summed E-state index contributed by atoms with van der Waals surface area (Å²) >= 11 is 0. The quantitative estimate of drug-likeness (QED) is 0.788. The van der Waals surface area contributed by atoms with Crippen molar-refractivity contribution >= 4 is 17.3 Å². The summed E-state index contributed by atoms with van der Waals surface area (Å²) in [6, 6.07) is 3.37. The molecule has 1 amide bonds. The monoisotopic (exact) mass is 247 g/mol. The van der Waals surface area contributed by atoms with E-state index in [-0.39, 0.29) is 17.9 Å². The van der Waals surface area contributed by atoms with E-state index in [1.165, 1.54) is 19.2 Å². The molecule has 0 atom stereocenters. The minimum absolute atomic E-state index is 0.00792. The predicted octanol–water partition coefficient (Wildman–Crippen LogP) is 1.21. The lowest BCUT2D eigenvalue weighted by Crippen LogP contribution is -2.31. The zero-order chi connectivity index (χ0) is 13.2. The summed E-state index contributed by atoms with van der Waals surface area (Å²) < 4.78 is 38.2. The molecule has 1 rings (SSSR count). The molecule has 0 radical (unpaired) electrons. The van der Waals surface area contributed by atoms with Crippen LogP contribution in [0, 0.1) is 0 Å². The van der Waals surface area contributed by atoms with E-state index in [1.54, 1.807) is 0 Å². The summed E-state index contributed by atoms with van der Waals surface area (Å²) in [6.07, 6.45) is -4.53. The molecule has 0 spiro atoms. The number of hydrogen-bond acceptors (Lipinski definition) is 3. The Morgan fingerprint density at radius 1 is 1.41 bits per heavy atom. The van der Waals surface area contributed by atoms with Gasteiger partial charge in [-0.25, -0.2) is 0 Å². The lowest BCUT2D eigenvalue weighted by atomic mass is 10.1. The summed E-state index contributed by atoms with van der Waals surface area (Å²) in [7, 11) is 1.35. The highest BCUT2D eigenvalue weighted by Crippen LogP contribution is 2.37. The van der Waals surface area contributed by atoms with Gasteiger partial charge in [-0.15, -0.1) is 0 Å². The van der Waals surface area contributed by atoms with Gasteiger partial charge in [0.05, 0.1) is 12.1 Å². The summed E-state index contributed by atoms with van der Waals surface area (Å²) in [5, 5.41) is 0. The molecule has 1 aromatic carbocycles. The molecule has 0 unspecified atom stereocenters. The number of halogens is 3. The van der Waals surface area contributed by atoms with Crippen LogP contribution in [0.4, 0.5) is 24.5 Å². The van der Waals surface area contributed by atoms with Gasteiger partial charge in [0.1, 0.15) is 0 Å². The van der Waals surface area contributed by atoms with Crippen LogP contribution >= 0.6 is 0 Å². The third kappa shape index (κ3) is 3.27. The van der Waals surface area contributed by atoms with Gasteiger partial charge in [-0.1, -0.05) is 0 Å². The van der Waals surface area contributed by atoms with E-state index < -0.39 is 17.6 Å². The second-order valence-electron chi connectivity index (χ2n) is 3.60. The standard InChI is InChI=1S/C10H12F3N3O/c1-16(5-9(15)17)8-3-2-6(14)4-7(8)10(11,12)13/h2-4H,5,14H2,1H3,(H2,15,17). The summed E-state index contributed by atoms with van der Waals surface area (Å²) in [6.45, 7) is -0.299. The first kappa shape index (κ1) is 13.1. The minimum Gasteiger partial charge on any atom is -0.399 e. The van der Waals surface area contributed by atoms with Gasteiger partial charge in [0.15, 0.2) is 0 Å². The molecule has 4 N–H and O–H groups in total. The Bertz CT molecular complexity index is 431. The maximum absolute atomic E-state index is 12.7. The van der Waals surface area contributed by atoms with Crippen molar-refractivity contribution in [2.24, 2.45) is 5.73 Å². The van der Waals surface area contributed by atoms with Gasteiger partial charge < -0.3 is 16.4 Å². The highest BCUT2D eigenvalue weighted by atomic mass is 19.4. The number of carbonyl (C=O) groups excluding carboxylic acids is 1. The van der Waals surface area contributed by atoms with Gasteiger partial charge in [0.2, 0.25) is 5.91 Å². The number of nitrogens with zero attached hydrogens (tertiary/aromatic N) is 1. The normalized spacial score (nSPS) is 11.3. The van der Waals surface area contributed by atoms with Gasteiger partial charge in [-0.2, -0.15) is 13.2 Å².